The Morgan fingerprint density at radius 3 is 2.43 bits per heavy atom. The molecule has 7 heteroatoms. The normalized spacial score (nSPS) is 11.8. The molecule has 0 unspecified atom stereocenters. The number of benzene rings is 2. The Labute approximate surface area is 179 Å². The molecule has 0 saturated heterocycles. The van der Waals surface area contributed by atoms with Gasteiger partial charge in [0.25, 0.3) is 5.56 Å². The summed E-state index contributed by atoms with van der Waals surface area (Å²) in [5.74, 6) is 0. The zero-order chi connectivity index (χ0) is 21.5. The number of nitrogens with two attached hydrogens (primary N) is 1. The van der Waals surface area contributed by atoms with Crippen molar-refractivity contribution in [2.45, 2.75) is 26.3 Å². The molecule has 2 aromatic carbocycles. The average Bonchev–Trinajstić information content (AvgIpc) is 3.03. The number of hydrogen-bond acceptors (Lipinski definition) is 4. The summed E-state index contributed by atoms with van der Waals surface area (Å²) in [4.78, 5) is 17.4. The summed E-state index contributed by atoms with van der Waals surface area (Å²) in [6.45, 7) is 6.56. The number of nitrogens with zero attached hydrogens (tertiary/aromatic N) is 2. The highest BCUT2D eigenvalue weighted by Crippen LogP contribution is 2.30. The number of nitrogens with one attached hydrogen (secondary N) is 2. The van der Waals surface area contributed by atoms with Crippen LogP contribution in [-0.2, 0) is 0 Å². The third-order valence-corrected chi connectivity index (χ3v) is 5.18. The van der Waals surface area contributed by atoms with Gasteiger partial charge in [-0.05, 0) is 62.7 Å². The van der Waals surface area contributed by atoms with Crippen LogP contribution in [-0.4, -0.2) is 26.8 Å². The SMILES string of the molecule is Cc1ncc2c(=O)n(-c3ccc(Cl)cc3)[nH]c2c1-c1ccc(NCC(C)(C)N)cc1. The molecule has 30 heavy (non-hydrogen) atoms. The third kappa shape index (κ3) is 3.97. The molecule has 2 heterocycles. The summed E-state index contributed by atoms with van der Waals surface area (Å²) >= 11 is 5.98. The zero-order valence-electron chi connectivity index (χ0n) is 17.2. The van der Waals surface area contributed by atoms with Crippen molar-refractivity contribution in [3.63, 3.8) is 0 Å². The molecule has 154 valence electrons. The van der Waals surface area contributed by atoms with Crippen molar-refractivity contribution in [2.75, 3.05) is 11.9 Å². The first-order valence-corrected chi connectivity index (χ1v) is 10.1. The summed E-state index contributed by atoms with van der Waals surface area (Å²) < 4.78 is 1.52. The molecule has 0 radical (unpaired) electrons. The molecule has 0 aliphatic carbocycles. The number of aromatic nitrogens is 3. The van der Waals surface area contributed by atoms with Crippen molar-refractivity contribution in [1.29, 1.82) is 0 Å². The average molecular weight is 422 g/mol. The number of aryl methyl sites for hydroxylation is 1. The van der Waals surface area contributed by atoms with E-state index in [9.17, 15) is 4.79 Å². The molecular formula is C23H24ClN5O. The van der Waals surface area contributed by atoms with E-state index in [0.29, 0.717) is 22.6 Å². The highest BCUT2D eigenvalue weighted by atomic mass is 35.5. The number of halogens is 1. The number of hydrogen-bond donors (Lipinski definition) is 3. The van der Waals surface area contributed by atoms with E-state index in [0.717, 1.165) is 28.0 Å². The third-order valence-electron chi connectivity index (χ3n) is 4.93. The fourth-order valence-corrected chi connectivity index (χ4v) is 3.50. The van der Waals surface area contributed by atoms with E-state index in [1.165, 1.54) is 4.68 Å². The molecule has 0 saturated carbocycles. The highest BCUT2D eigenvalue weighted by Gasteiger charge is 2.16. The minimum Gasteiger partial charge on any atom is -0.383 e. The summed E-state index contributed by atoms with van der Waals surface area (Å²) in [6, 6.07) is 15.2. The highest BCUT2D eigenvalue weighted by molar-refractivity contribution is 6.30. The predicted molar refractivity (Wildman–Crippen MR) is 124 cm³/mol. The molecule has 4 aromatic rings. The van der Waals surface area contributed by atoms with E-state index in [2.05, 4.69) is 15.4 Å². The summed E-state index contributed by atoms with van der Waals surface area (Å²) in [6.07, 6.45) is 1.62. The fourth-order valence-electron chi connectivity index (χ4n) is 3.38. The summed E-state index contributed by atoms with van der Waals surface area (Å²) in [7, 11) is 0. The molecule has 0 aliphatic heterocycles. The minimum absolute atomic E-state index is 0.149. The first kappa shape index (κ1) is 20.2. The Balaban J connectivity index is 1.77. The van der Waals surface area contributed by atoms with Crippen LogP contribution in [0, 0.1) is 6.92 Å². The van der Waals surface area contributed by atoms with Gasteiger partial charge in [0, 0.05) is 40.2 Å². The van der Waals surface area contributed by atoms with E-state index < -0.39 is 0 Å². The maximum atomic E-state index is 13.0. The van der Waals surface area contributed by atoms with Crippen molar-refractivity contribution in [3.8, 4) is 16.8 Å². The van der Waals surface area contributed by atoms with Crippen molar-refractivity contribution in [1.82, 2.24) is 14.8 Å². The second kappa shape index (κ2) is 7.63. The molecule has 4 N–H and O–H groups in total. The maximum absolute atomic E-state index is 13.0. The van der Waals surface area contributed by atoms with Crippen LogP contribution in [0.25, 0.3) is 27.7 Å². The lowest BCUT2D eigenvalue weighted by Gasteiger charge is -2.20. The molecule has 0 atom stereocenters. The van der Waals surface area contributed by atoms with Crippen LogP contribution < -0.4 is 16.6 Å². The molecule has 2 aromatic heterocycles. The van der Waals surface area contributed by atoms with E-state index in [1.807, 2.05) is 45.0 Å². The van der Waals surface area contributed by atoms with Gasteiger partial charge in [0.05, 0.1) is 16.6 Å². The van der Waals surface area contributed by atoms with Crippen molar-refractivity contribution in [3.05, 3.63) is 75.8 Å². The van der Waals surface area contributed by atoms with Gasteiger partial charge in [0.1, 0.15) is 0 Å². The number of aromatic amines is 1. The monoisotopic (exact) mass is 421 g/mol. The van der Waals surface area contributed by atoms with Gasteiger partial charge in [-0.15, -0.1) is 0 Å². The molecule has 0 fully saturated rings. The van der Waals surface area contributed by atoms with E-state index in [4.69, 9.17) is 17.3 Å². The Hall–Kier alpha value is -3.09. The largest absolute Gasteiger partial charge is 0.383 e. The minimum atomic E-state index is -0.297. The predicted octanol–water partition coefficient (Wildman–Crippen LogP) is 4.49. The Kier molecular flexibility index (Phi) is 5.13. The topological polar surface area (TPSA) is 88.7 Å². The molecule has 0 amide bonds. The van der Waals surface area contributed by atoms with Gasteiger partial charge in [-0.3, -0.25) is 14.9 Å². The fraction of sp³-hybridized carbons (Fsp3) is 0.217. The Morgan fingerprint density at radius 1 is 1.13 bits per heavy atom. The summed E-state index contributed by atoms with van der Waals surface area (Å²) in [5, 5.41) is 7.75. The van der Waals surface area contributed by atoms with E-state index >= 15 is 0 Å². The van der Waals surface area contributed by atoms with E-state index in [1.54, 1.807) is 30.5 Å². The Morgan fingerprint density at radius 2 is 1.80 bits per heavy atom. The lowest BCUT2D eigenvalue weighted by molar-refractivity contribution is 0.549. The standard InChI is InChI=1S/C23H24ClN5O/c1-14-20(15-4-8-17(9-5-15)27-13-23(2,3)25)21-19(12-26-14)22(30)29(28-21)18-10-6-16(24)7-11-18/h4-12,27-28H,13,25H2,1-3H3. The second-order valence-electron chi connectivity index (χ2n) is 8.16. The quantitative estimate of drug-likeness (QED) is 0.443. The lowest BCUT2D eigenvalue weighted by Crippen LogP contribution is -2.39. The van der Waals surface area contributed by atoms with Gasteiger partial charge in [-0.2, -0.15) is 0 Å². The summed E-state index contributed by atoms with van der Waals surface area (Å²) in [5.41, 5.74) is 10.8. The van der Waals surface area contributed by atoms with Crippen molar-refractivity contribution >= 4 is 28.2 Å². The first-order valence-electron chi connectivity index (χ1n) is 9.72. The van der Waals surface area contributed by atoms with Crippen LogP contribution in [0.5, 0.6) is 0 Å². The van der Waals surface area contributed by atoms with Crippen molar-refractivity contribution in [2.24, 2.45) is 5.73 Å². The van der Waals surface area contributed by atoms with Gasteiger partial charge >= 0.3 is 0 Å². The molecule has 0 bridgehead atoms. The smallest absolute Gasteiger partial charge is 0.280 e. The maximum Gasteiger partial charge on any atom is 0.280 e. The number of anilines is 1. The lowest BCUT2D eigenvalue weighted by atomic mass is 10.0. The second-order valence-corrected chi connectivity index (χ2v) is 8.59. The van der Waals surface area contributed by atoms with E-state index in [-0.39, 0.29) is 11.1 Å². The van der Waals surface area contributed by atoms with Crippen LogP contribution >= 0.6 is 11.6 Å². The van der Waals surface area contributed by atoms with Crippen LogP contribution in [0.15, 0.2) is 59.5 Å². The van der Waals surface area contributed by atoms with Gasteiger partial charge in [-0.1, -0.05) is 23.7 Å². The zero-order valence-corrected chi connectivity index (χ0v) is 17.9. The molecule has 6 nitrogen and oxygen atoms in total. The number of fused-ring (bicyclic) bond motifs is 1. The molecule has 0 spiro atoms. The Bertz CT molecular complexity index is 1250. The van der Waals surface area contributed by atoms with Gasteiger partial charge in [-0.25, -0.2) is 4.68 Å². The van der Waals surface area contributed by atoms with Gasteiger partial charge in [0.2, 0.25) is 0 Å². The van der Waals surface area contributed by atoms with Crippen LogP contribution in [0.1, 0.15) is 19.5 Å². The van der Waals surface area contributed by atoms with Crippen LogP contribution in [0.3, 0.4) is 0 Å². The number of H-pyrrole nitrogens is 1. The number of rotatable bonds is 5. The molecular weight excluding hydrogens is 398 g/mol. The van der Waals surface area contributed by atoms with Crippen molar-refractivity contribution < 1.29 is 0 Å². The molecule has 0 aliphatic rings. The first-order chi connectivity index (χ1) is 14.2. The van der Waals surface area contributed by atoms with Gasteiger partial charge in [0.15, 0.2) is 0 Å². The molecule has 4 rings (SSSR count). The van der Waals surface area contributed by atoms with Crippen LogP contribution in [0.4, 0.5) is 5.69 Å². The van der Waals surface area contributed by atoms with Gasteiger partial charge < -0.3 is 11.1 Å². The number of pyridine rings is 1. The van der Waals surface area contributed by atoms with Crippen LogP contribution in [0.2, 0.25) is 5.02 Å².